The minimum absolute atomic E-state index is 0.00372. The van der Waals surface area contributed by atoms with E-state index < -0.39 is 128 Å². The molecular weight excluding hydrogens is 1260 g/mol. The quantitative estimate of drug-likeness (QED) is 0.0511. The summed E-state index contributed by atoms with van der Waals surface area (Å²) in [6.07, 6.45) is -14.7. The predicted octanol–water partition coefficient (Wildman–Crippen LogP) is 12.7. The SMILES string of the molecule is C[C@]12CCC3c4ccc(F)cc4CC[C@H]3[C@@H]1CC[C@@H]2OC1OC(COC(=O)c2ccccc2)C(OC(=O)c2ccccc2)C(OC2OC(COC(=O)c3ccccc3)C(OC(=O)c3ccccc3)C(OC(=O)c3ccccc3)C2OC(=O)c2ccccc2)C1OC(=O)c1ccccc1. The van der Waals surface area contributed by atoms with Crippen LogP contribution < -0.4 is 0 Å². The van der Waals surface area contributed by atoms with E-state index in [1.165, 1.54) is 78.9 Å². The molecule has 0 radical (unpaired) electrons. The highest BCUT2D eigenvalue weighted by atomic mass is 19.1. The second-order valence-corrected chi connectivity index (χ2v) is 25.3. The van der Waals surface area contributed by atoms with Gasteiger partial charge in [-0.15, -0.1) is 0 Å². The van der Waals surface area contributed by atoms with Crippen LogP contribution in [-0.2, 0) is 58.5 Å². The summed E-state index contributed by atoms with van der Waals surface area (Å²) in [5, 5.41) is 0. The van der Waals surface area contributed by atoms with E-state index in [2.05, 4.69) is 6.92 Å². The Morgan fingerprint density at radius 2 is 0.755 bits per heavy atom. The van der Waals surface area contributed by atoms with Crippen molar-refractivity contribution in [2.45, 2.75) is 119 Å². The molecule has 0 spiro atoms. The molecule has 2 aliphatic heterocycles. The lowest BCUT2D eigenvalue weighted by atomic mass is 9.55. The van der Waals surface area contributed by atoms with E-state index in [0.29, 0.717) is 19.3 Å². The van der Waals surface area contributed by atoms with E-state index in [-0.39, 0.29) is 62.5 Å². The van der Waals surface area contributed by atoms with Crippen LogP contribution in [0.5, 0.6) is 0 Å². The monoisotopic (exact) mass is 1330 g/mol. The number of hydrogen-bond acceptors (Lipinski definition) is 18. The second-order valence-electron chi connectivity index (χ2n) is 25.3. The Morgan fingerprint density at radius 1 is 0.398 bits per heavy atom. The molecule has 0 bridgehead atoms. The van der Waals surface area contributed by atoms with Crippen LogP contribution in [0, 0.1) is 23.1 Å². The summed E-state index contributed by atoms with van der Waals surface area (Å²) < 4.78 is 88.3. The third-order valence-electron chi connectivity index (χ3n) is 19.4. The van der Waals surface area contributed by atoms with Crippen LogP contribution in [-0.4, -0.2) is 123 Å². The van der Waals surface area contributed by atoms with Gasteiger partial charge >= 0.3 is 41.8 Å². The van der Waals surface area contributed by atoms with Crippen LogP contribution in [0.2, 0.25) is 0 Å². The van der Waals surface area contributed by atoms with Crippen molar-refractivity contribution in [3.05, 3.63) is 286 Å². The highest BCUT2D eigenvalue weighted by Crippen LogP contribution is 2.62. The normalized spacial score (nSPS) is 26.8. The van der Waals surface area contributed by atoms with E-state index >= 15 is 4.79 Å². The minimum Gasteiger partial charge on any atom is -0.459 e. The molecule has 8 aromatic rings. The molecule has 98 heavy (non-hydrogen) atoms. The molecule has 8 aromatic carbocycles. The fraction of sp³-hybridized carbons (Fsp3) is 0.304. The molecule has 15 atom stereocenters. The first-order valence-electron chi connectivity index (χ1n) is 32.9. The van der Waals surface area contributed by atoms with Crippen molar-refractivity contribution in [3.8, 4) is 0 Å². The smallest absolute Gasteiger partial charge is 0.338 e. The molecule has 3 aliphatic carbocycles. The Labute approximate surface area is 565 Å². The van der Waals surface area contributed by atoms with Gasteiger partial charge in [0.2, 0.25) is 0 Å². The topological polar surface area (TPSA) is 221 Å². The molecule has 4 fully saturated rings. The molecule has 2 saturated heterocycles. The van der Waals surface area contributed by atoms with Gasteiger partial charge < -0.3 is 52.1 Å². The summed E-state index contributed by atoms with van der Waals surface area (Å²) in [6.45, 7) is 0.779. The van der Waals surface area contributed by atoms with Crippen molar-refractivity contribution in [1.82, 2.24) is 0 Å². The fourth-order valence-electron chi connectivity index (χ4n) is 14.6. The average molecular weight is 1330 g/mol. The maximum Gasteiger partial charge on any atom is 0.338 e. The lowest BCUT2D eigenvalue weighted by molar-refractivity contribution is -0.363. The van der Waals surface area contributed by atoms with Crippen LogP contribution in [0.1, 0.15) is 129 Å². The van der Waals surface area contributed by atoms with E-state index in [9.17, 15) is 33.2 Å². The minimum atomic E-state index is -2.10. The number of benzene rings is 8. The molecular formula is C79H71FO18. The van der Waals surface area contributed by atoms with Crippen molar-refractivity contribution in [2.75, 3.05) is 13.2 Å². The number of ether oxygens (including phenoxy) is 11. The van der Waals surface area contributed by atoms with Gasteiger partial charge in [-0.3, -0.25) is 0 Å². The van der Waals surface area contributed by atoms with E-state index in [0.717, 1.165) is 30.4 Å². The molecule has 19 heteroatoms. The molecule has 18 nitrogen and oxygen atoms in total. The molecule has 2 saturated carbocycles. The predicted molar refractivity (Wildman–Crippen MR) is 350 cm³/mol. The number of carbonyl (C=O) groups is 7. The zero-order valence-corrected chi connectivity index (χ0v) is 53.4. The number of halogens is 1. The van der Waals surface area contributed by atoms with Gasteiger partial charge in [0, 0.05) is 0 Å². The molecule has 11 unspecified atom stereocenters. The number of carbonyl (C=O) groups excluding carboxylic acids is 7. The van der Waals surface area contributed by atoms with Crippen LogP contribution in [0.3, 0.4) is 0 Å². The number of rotatable bonds is 20. The Hall–Kier alpha value is -10.2. The first-order chi connectivity index (χ1) is 47.8. The van der Waals surface area contributed by atoms with Gasteiger partial charge in [0.05, 0.1) is 45.0 Å². The fourth-order valence-corrected chi connectivity index (χ4v) is 14.6. The Kier molecular flexibility index (Phi) is 20.4. The third kappa shape index (κ3) is 14.7. The van der Waals surface area contributed by atoms with Crippen molar-refractivity contribution in [3.63, 3.8) is 0 Å². The highest BCUT2D eigenvalue weighted by Gasteiger charge is 2.61. The molecule has 5 aliphatic rings. The number of hydrogen-bond donors (Lipinski definition) is 0. The summed E-state index contributed by atoms with van der Waals surface area (Å²) in [5.74, 6) is -6.23. The van der Waals surface area contributed by atoms with Gasteiger partial charge in [0.1, 0.15) is 37.3 Å². The summed E-state index contributed by atoms with van der Waals surface area (Å²) in [6, 6.07) is 60.7. The maximum atomic E-state index is 15.1. The van der Waals surface area contributed by atoms with Gasteiger partial charge in [-0.2, -0.15) is 0 Å². The first kappa shape index (κ1) is 66.4. The lowest BCUT2D eigenvalue weighted by Gasteiger charge is -2.52. The van der Waals surface area contributed by atoms with Crippen LogP contribution in [0.4, 0.5) is 4.39 Å². The molecule has 0 amide bonds. The highest BCUT2D eigenvalue weighted by molar-refractivity contribution is 5.93. The van der Waals surface area contributed by atoms with Gasteiger partial charge in [-0.1, -0.05) is 140 Å². The van der Waals surface area contributed by atoms with Gasteiger partial charge in [0.15, 0.2) is 43.1 Å². The first-order valence-corrected chi connectivity index (χ1v) is 32.9. The third-order valence-corrected chi connectivity index (χ3v) is 19.4. The maximum absolute atomic E-state index is 15.1. The molecule has 0 N–H and O–H groups in total. The van der Waals surface area contributed by atoms with Gasteiger partial charge in [-0.05, 0) is 170 Å². The zero-order valence-electron chi connectivity index (χ0n) is 53.4. The van der Waals surface area contributed by atoms with Crippen molar-refractivity contribution >= 4 is 41.8 Å². The largest absolute Gasteiger partial charge is 0.459 e. The number of fused-ring (bicyclic) bond motifs is 5. The van der Waals surface area contributed by atoms with Crippen molar-refractivity contribution in [2.24, 2.45) is 17.3 Å². The molecule has 0 aromatic heterocycles. The summed E-state index contributed by atoms with van der Waals surface area (Å²) in [5.41, 5.74) is 2.12. The Bertz CT molecular complexity index is 4100. The summed E-state index contributed by atoms with van der Waals surface area (Å²) in [4.78, 5) is 103. The van der Waals surface area contributed by atoms with Crippen LogP contribution in [0.25, 0.3) is 0 Å². The Balaban J connectivity index is 0.961. The zero-order chi connectivity index (χ0) is 67.7. The molecule has 2 heterocycles. The average Bonchev–Trinajstić information content (AvgIpc) is 1.47. The standard InChI is InChI=1S/C79H71FO18/c1-79-44-43-58-57-40-38-56(80)45-55(57)37-39-59(58)60(79)41-42-63(79)92-77-69(97-76(87)54-35-21-8-22-36-54)67(65(94-73(84)51-29-15-5-16-30-51)62(90-77)47-89-71(82)49-25-11-3-12-26-49)98-78-68(96-75(86)53-33-19-7-20-34-53)66(95-74(85)52-31-17-6-18-32-52)64(93-72(83)50-27-13-4-14-28-50)61(91-78)46-88-70(81)48-23-9-2-10-24-48/h2-36,38,40,45,58-69,77-78H,37,39,41-44,46-47H2,1H3/t58?,59-,60+,61?,62?,63+,64?,65?,66?,67?,68?,69?,77?,78?,79+/m1/s1. The van der Waals surface area contributed by atoms with Gasteiger partial charge in [0.25, 0.3) is 0 Å². The number of aryl methyl sites for hydroxylation is 1. The van der Waals surface area contributed by atoms with Crippen LogP contribution >= 0.6 is 0 Å². The van der Waals surface area contributed by atoms with E-state index in [1.807, 2.05) is 6.07 Å². The summed E-state index contributed by atoms with van der Waals surface area (Å²) >= 11 is 0. The Morgan fingerprint density at radius 3 is 1.17 bits per heavy atom. The molecule has 13 rings (SSSR count). The lowest BCUT2D eigenvalue weighted by Crippen LogP contribution is -2.68. The van der Waals surface area contributed by atoms with E-state index in [4.69, 9.17) is 52.1 Å². The second kappa shape index (κ2) is 30.1. The van der Waals surface area contributed by atoms with Gasteiger partial charge in [-0.25, -0.2) is 38.0 Å². The summed E-state index contributed by atoms with van der Waals surface area (Å²) in [7, 11) is 0. The van der Waals surface area contributed by atoms with E-state index in [1.54, 1.807) is 146 Å². The van der Waals surface area contributed by atoms with Crippen molar-refractivity contribution < 1.29 is 90.1 Å². The number of esters is 7. The van der Waals surface area contributed by atoms with Crippen molar-refractivity contribution in [1.29, 1.82) is 0 Å². The molecule has 502 valence electrons. The van der Waals surface area contributed by atoms with Crippen LogP contribution in [0.15, 0.2) is 231 Å².